The maximum Gasteiger partial charge on any atom is 0.216 e. The van der Waals surface area contributed by atoms with Crippen LogP contribution in [0.15, 0.2) is 71.2 Å². The van der Waals surface area contributed by atoms with Gasteiger partial charge in [-0.15, -0.1) is 0 Å². The van der Waals surface area contributed by atoms with Gasteiger partial charge in [-0.05, 0) is 49.5 Å². The van der Waals surface area contributed by atoms with E-state index in [0.29, 0.717) is 38.7 Å². The molecule has 0 atom stereocenters. The first-order valence-electron chi connectivity index (χ1n) is 13.7. The van der Waals surface area contributed by atoms with Crippen molar-refractivity contribution in [2.45, 2.75) is 20.7 Å². The summed E-state index contributed by atoms with van der Waals surface area (Å²) in [5, 5.41) is 11.0. The van der Waals surface area contributed by atoms with E-state index in [4.69, 9.17) is 15.4 Å². The van der Waals surface area contributed by atoms with Crippen LogP contribution in [0.3, 0.4) is 0 Å². The first kappa shape index (κ1) is 12.1. The van der Waals surface area contributed by atoms with Crippen LogP contribution in [0.5, 0.6) is 0 Å². The molecule has 5 aromatic rings. The second kappa shape index (κ2) is 7.11. The van der Waals surface area contributed by atoms with Crippen molar-refractivity contribution in [3.8, 4) is 28.5 Å². The first-order chi connectivity index (χ1) is 18.3. The summed E-state index contributed by atoms with van der Waals surface area (Å²) in [5.41, 5.74) is 4.31. The molecular formula is C28H23N2O+. The van der Waals surface area contributed by atoms with Gasteiger partial charge in [0.15, 0.2) is 6.20 Å². The Morgan fingerprint density at radius 1 is 1.00 bits per heavy atom. The van der Waals surface area contributed by atoms with Crippen LogP contribution in [-0.4, -0.2) is 0 Å². The molecule has 0 N–H and O–H groups in total. The molecule has 0 spiro atoms. The van der Waals surface area contributed by atoms with Crippen LogP contribution in [0.25, 0.3) is 44.3 Å². The predicted octanol–water partition coefficient (Wildman–Crippen LogP) is 6.54. The number of nitrogens with zero attached hydrogens (tertiary/aromatic N) is 2. The summed E-state index contributed by atoms with van der Waals surface area (Å²) in [4.78, 5) is 0. The fourth-order valence-electron chi connectivity index (χ4n) is 4.03. The molecule has 3 heteroatoms. The van der Waals surface area contributed by atoms with Gasteiger partial charge in [0.05, 0.1) is 24.0 Å². The summed E-state index contributed by atoms with van der Waals surface area (Å²) < 4.78 is 72.9. The third-order valence-electron chi connectivity index (χ3n) is 5.62. The highest BCUT2D eigenvalue weighted by atomic mass is 16.3. The van der Waals surface area contributed by atoms with Gasteiger partial charge in [-0.3, -0.25) is 0 Å². The summed E-state index contributed by atoms with van der Waals surface area (Å²) in [7, 11) is 1.75. The monoisotopic (exact) mass is 411 g/mol. The third-order valence-corrected chi connectivity index (χ3v) is 5.62. The van der Waals surface area contributed by atoms with Crippen molar-refractivity contribution in [1.29, 1.82) is 5.26 Å². The predicted molar refractivity (Wildman–Crippen MR) is 125 cm³/mol. The number of nitriles is 1. The number of fused-ring (bicyclic) bond motifs is 3. The van der Waals surface area contributed by atoms with Gasteiger partial charge >= 0.3 is 0 Å². The number of benzene rings is 3. The van der Waals surface area contributed by atoms with E-state index in [1.165, 1.54) is 0 Å². The number of aryl methyl sites for hydroxylation is 4. The minimum Gasteiger partial charge on any atom is -0.454 e. The Morgan fingerprint density at radius 2 is 1.81 bits per heavy atom. The lowest BCUT2D eigenvalue weighted by molar-refractivity contribution is -0.660. The Kier molecular flexibility index (Phi) is 2.77. The molecule has 0 aliphatic carbocycles. The number of hydrogen-bond donors (Lipinski definition) is 0. The quantitative estimate of drug-likeness (QED) is 0.309. The molecule has 0 radical (unpaired) electrons. The highest BCUT2D eigenvalue weighted by molar-refractivity contribution is 6.15. The molecule has 31 heavy (non-hydrogen) atoms. The molecule has 3 nitrogen and oxygen atoms in total. The largest absolute Gasteiger partial charge is 0.454 e. The van der Waals surface area contributed by atoms with E-state index in [9.17, 15) is 5.26 Å². The van der Waals surface area contributed by atoms with Crippen LogP contribution in [0.4, 0.5) is 0 Å². The Hall–Kier alpha value is -3.90. The molecule has 150 valence electrons. The van der Waals surface area contributed by atoms with Crippen LogP contribution >= 0.6 is 0 Å². The normalized spacial score (nSPS) is 15.3. The highest BCUT2D eigenvalue weighted by Crippen LogP contribution is 2.42. The van der Waals surface area contributed by atoms with Crippen molar-refractivity contribution in [2.24, 2.45) is 7.05 Å². The zero-order valence-electron chi connectivity index (χ0n) is 25.3. The van der Waals surface area contributed by atoms with Crippen LogP contribution in [0.1, 0.15) is 33.2 Å². The van der Waals surface area contributed by atoms with Gasteiger partial charge in [0.2, 0.25) is 5.69 Å². The number of rotatable bonds is 2. The molecule has 0 saturated heterocycles. The van der Waals surface area contributed by atoms with Gasteiger partial charge in [0.1, 0.15) is 18.2 Å². The molecule has 0 saturated carbocycles. The number of pyridine rings is 1. The zero-order valence-corrected chi connectivity index (χ0v) is 17.3. The SMILES string of the molecule is [2H]c1c([2H])c([2H])c(-c2ccc(C#N)c3c2oc2c(-c4cc(C)c(C([2H])([2H])[2H])c[n+]4C)c(C)ccc23)c([2H])c1[2H]. The van der Waals surface area contributed by atoms with E-state index in [1.807, 2.05) is 19.1 Å². The fourth-order valence-corrected chi connectivity index (χ4v) is 4.03. The average Bonchev–Trinajstić information content (AvgIpc) is 3.27. The summed E-state index contributed by atoms with van der Waals surface area (Å²) >= 11 is 0. The summed E-state index contributed by atoms with van der Waals surface area (Å²) in [5.74, 6) is 0. The first-order valence-corrected chi connectivity index (χ1v) is 9.75. The van der Waals surface area contributed by atoms with Crippen molar-refractivity contribution in [1.82, 2.24) is 0 Å². The molecule has 0 fully saturated rings. The van der Waals surface area contributed by atoms with E-state index in [-0.39, 0.29) is 34.4 Å². The molecular weight excluding hydrogens is 380 g/mol. The van der Waals surface area contributed by atoms with E-state index in [2.05, 4.69) is 6.07 Å². The van der Waals surface area contributed by atoms with Crippen molar-refractivity contribution in [3.63, 3.8) is 0 Å². The lowest BCUT2D eigenvalue weighted by Crippen LogP contribution is -2.31. The van der Waals surface area contributed by atoms with Crippen LogP contribution in [0, 0.1) is 32.0 Å². The van der Waals surface area contributed by atoms with Gasteiger partial charge in [-0.2, -0.15) is 5.26 Å². The summed E-state index contributed by atoms with van der Waals surface area (Å²) in [6.07, 6.45) is 1.58. The maximum atomic E-state index is 9.93. The topological polar surface area (TPSA) is 40.8 Å². The van der Waals surface area contributed by atoms with Crippen molar-refractivity contribution in [2.75, 3.05) is 0 Å². The van der Waals surface area contributed by atoms with E-state index in [0.717, 1.165) is 5.56 Å². The Morgan fingerprint density at radius 3 is 2.55 bits per heavy atom. The molecule has 0 unspecified atom stereocenters. The van der Waals surface area contributed by atoms with Crippen molar-refractivity contribution >= 4 is 21.9 Å². The number of hydrogen-bond acceptors (Lipinski definition) is 2. The third kappa shape index (κ3) is 2.92. The fraction of sp³-hybridized carbons (Fsp3) is 0.143. The Balaban J connectivity index is 1.92. The van der Waals surface area contributed by atoms with Gasteiger partial charge in [0.25, 0.3) is 0 Å². The second-order valence-corrected chi connectivity index (χ2v) is 7.58. The molecule has 0 aliphatic heterocycles. The Bertz CT molecular complexity index is 1870. The number of aromatic nitrogens is 1. The van der Waals surface area contributed by atoms with Gasteiger partial charge in [-0.25, -0.2) is 4.57 Å². The standard InChI is InChI=1S/C28H23N2O/c1-17-10-12-23-26-21(15-29)11-13-22(20-8-6-5-7-9-20)27(26)31-28(23)25(17)24-14-18(2)19(3)16-30(24)4/h5-14,16H,1-4H3/q+1/i3D3,5D,6D,7D,8D,9D. The van der Waals surface area contributed by atoms with Crippen LogP contribution < -0.4 is 4.57 Å². The van der Waals surface area contributed by atoms with Crippen molar-refractivity contribution in [3.05, 3.63) is 89.0 Å². The highest BCUT2D eigenvalue weighted by Gasteiger charge is 2.24. The molecule has 2 heterocycles. The lowest BCUT2D eigenvalue weighted by atomic mass is 9.96. The number of furan rings is 1. The molecule has 5 rings (SSSR count). The van der Waals surface area contributed by atoms with E-state index < -0.39 is 25.0 Å². The average molecular weight is 412 g/mol. The smallest absolute Gasteiger partial charge is 0.216 e. The Labute approximate surface area is 193 Å². The maximum absolute atomic E-state index is 9.93. The van der Waals surface area contributed by atoms with Crippen molar-refractivity contribution < 1.29 is 20.0 Å². The molecule has 0 aliphatic rings. The van der Waals surface area contributed by atoms with Crippen LogP contribution in [-0.2, 0) is 7.05 Å². The van der Waals surface area contributed by atoms with Gasteiger partial charge in [0, 0.05) is 32.1 Å². The molecule has 2 aromatic heterocycles. The minimum absolute atomic E-state index is 0.0174. The van der Waals surface area contributed by atoms with Crippen LogP contribution in [0.2, 0.25) is 0 Å². The van der Waals surface area contributed by atoms with Gasteiger partial charge < -0.3 is 4.42 Å². The molecule has 3 aromatic carbocycles. The summed E-state index contributed by atoms with van der Waals surface area (Å²) in [6, 6.07) is 8.62. The molecule has 0 bridgehead atoms. The second-order valence-electron chi connectivity index (χ2n) is 7.58. The zero-order chi connectivity index (χ0) is 28.5. The minimum atomic E-state index is -2.28. The van der Waals surface area contributed by atoms with E-state index >= 15 is 0 Å². The molecule has 0 amide bonds. The van der Waals surface area contributed by atoms with Gasteiger partial charge in [-0.1, -0.05) is 42.3 Å². The summed E-state index contributed by atoms with van der Waals surface area (Å²) in [6.45, 7) is 1.36. The lowest BCUT2D eigenvalue weighted by Gasteiger charge is -2.07. The van der Waals surface area contributed by atoms with E-state index in [1.54, 1.807) is 42.9 Å².